The van der Waals surface area contributed by atoms with E-state index in [2.05, 4.69) is 74.5 Å². The second kappa shape index (κ2) is 54.2. The van der Waals surface area contributed by atoms with Crippen LogP contribution in [0.15, 0.2) is 0 Å². The van der Waals surface area contributed by atoms with Crippen LogP contribution >= 0.6 is 98.4 Å². The number of rotatable bonds is 11. The maximum atomic E-state index is 9.14. The molecule has 0 heterocycles. The van der Waals surface area contributed by atoms with E-state index in [-0.39, 0.29) is 108 Å². The van der Waals surface area contributed by atoms with Gasteiger partial charge in [-0.2, -0.15) is 0 Å². The van der Waals surface area contributed by atoms with Crippen molar-refractivity contribution in [2.75, 3.05) is 33.0 Å². The van der Waals surface area contributed by atoms with E-state index in [4.69, 9.17) is 29.5 Å². The van der Waals surface area contributed by atoms with E-state index in [1.165, 1.54) is 0 Å². The predicted octanol–water partition coefficient (Wildman–Crippen LogP) is 4.53. The van der Waals surface area contributed by atoms with Crippen molar-refractivity contribution in [3.63, 3.8) is 0 Å². The summed E-state index contributed by atoms with van der Waals surface area (Å²) in [6, 6.07) is 0. The molecule has 0 aromatic carbocycles. The molecule has 0 saturated carbocycles. The molecule has 30 heavy (non-hydrogen) atoms. The summed E-state index contributed by atoms with van der Waals surface area (Å²) >= 11 is 9.54. The Kier molecular flexibility index (Phi) is 116. The van der Waals surface area contributed by atoms with Gasteiger partial charge >= 0.3 is 50.5 Å². The topological polar surface area (TPSA) is 88.4 Å². The van der Waals surface area contributed by atoms with E-state index in [0.29, 0.717) is 13.3 Å². The first-order valence-corrected chi connectivity index (χ1v) is 25.5. The van der Waals surface area contributed by atoms with Gasteiger partial charge < -0.3 is 29.5 Å². The van der Waals surface area contributed by atoms with Crippen LogP contribution in [-0.2, 0) is 14.2 Å². The average molecular weight is 1130 g/mol. The second-order valence-corrected chi connectivity index (χ2v) is 20.9. The zero-order valence-electron chi connectivity index (χ0n) is 13.7. The first-order chi connectivity index (χ1) is 10.8. The van der Waals surface area contributed by atoms with Crippen molar-refractivity contribution in [3.8, 4) is 0 Å². The van der Waals surface area contributed by atoms with Crippen LogP contribution < -0.4 is 13.3 Å². The Bertz CT molecular complexity index is 206. The van der Waals surface area contributed by atoms with Gasteiger partial charge in [0.15, 0.2) is 0 Å². The van der Waals surface area contributed by atoms with Gasteiger partial charge in [-0.1, -0.05) is 44.6 Å². The summed E-state index contributed by atoms with van der Waals surface area (Å²) < 4.78 is 15.9. The van der Waals surface area contributed by atoms with E-state index >= 15 is 0 Å². The molecule has 0 rings (SSSR count). The predicted molar refractivity (Wildman–Crippen MR) is 178 cm³/mol. The zero-order chi connectivity index (χ0) is 18.7. The van der Waals surface area contributed by atoms with Crippen molar-refractivity contribution in [1.82, 2.24) is 0 Å². The van der Waals surface area contributed by atoms with Gasteiger partial charge in [0.1, 0.15) is 6.10 Å². The summed E-state index contributed by atoms with van der Waals surface area (Å²) in [5.74, 6) is 0. The molecule has 0 amide bonds. The molecular weight excluding hydrogens is 1070 g/mol. The van der Waals surface area contributed by atoms with E-state index in [1.54, 1.807) is 20.8 Å². The summed E-state index contributed by atoms with van der Waals surface area (Å²) in [7, 11) is 0. The molecule has 0 aromatic heterocycles. The molecule has 0 aliphatic carbocycles. The van der Waals surface area contributed by atoms with Crippen LogP contribution in [0.3, 0.4) is 0 Å². The molecule has 0 aliphatic heterocycles. The molecule has 0 aromatic rings. The number of hydrogen-bond acceptors (Lipinski definition) is 6. The van der Waals surface area contributed by atoms with Gasteiger partial charge in [-0.05, 0) is 20.8 Å². The fraction of sp³-hybridized carbons (Fsp3) is 1.00. The molecule has 202 valence electrons. The van der Waals surface area contributed by atoms with Crippen LogP contribution in [0.4, 0.5) is 0 Å². The van der Waals surface area contributed by atoms with Crippen LogP contribution in [0.1, 0.15) is 65.3 Å². The summed E-state index contributed by atoms with van der Waals surface area (Å²) in [6.45, 7) is 6.10. The van der Waals surface area contributed by atoms with Gasteiger partial charge in [0.2, 0.25) is 0 Å². The first kappa shape index (κ1) is 64.3. The molecule has 3 N–H and O–H groups in total. The summed E-state index contributed by atoms with van der Waals surface area (Å²) in [6.07, 6.45) is -1.93. The first-order valence-electron chi connectivity index (χ1n) is 6.66. The molecule has 12 heteroatoms. The van der Waals surface area contributed by atoms with Gasteiger partial charge in [0.05, 0.1) is 51.3 Å². The standard InChI is InChI=1S/C12H26O6.6CH4.I3.I2.HI/c1-9(13)4-16-7-12(18-6-11(3)15)8-17-5-10(2)14;;;;;;;1-3-2;1-2;/h9-15H,4-8H2,1-3H3;6*1H4;;;1H/q;;;;;;;-1;;. The minimum atomic E-state index is -0.555. The third-order valence-electron chi connectivity index (χ3n) is 1.90. The quantitative estimate of drug-likeness (QED) is 0.264. The Labute approximate surface area is 259 Å². The van der Waals surface area contributed by atoms with Crippen LogP contribution in [0.25, 0.3) is 0 Å². The molecule has 3 atom stereocenters. The Morgan fingerprint density at radius 1 is 0.633 bits per heavy atom. The number of ether oxygens (including phenoxy) is 3. The van der Waals surface area contributed by atoms with Crippen molar-refractivity contribution < 1.29 is 42.8 Å². The van der Waals surface area contributed by atoms with Crippen molar-refractivity contribution in [3.05, 3.63) is 0 Å². The normalized spacial score (nSPS) is 11.9. The Balaban J connectivity index is -0.0000000382. The van der Waals surface area contributed by atoms with Crippen molar-refractivity contribution >= 4 is 98.4 Å². The second-order valence-electron chi connectivity index (χ2n) is 4.63. The zero-order valence-corrected chi connectivity index (χ0v) is 26.8. The van der Waals surface area contributed by atoms with E-state index in [9.17, 15) is 0 Å². The molecule has 0 aliphatic rings. The minimum absolute atomic E-state index is 0. The molecule has 6 nitrogen and oxygen atoms in total. The van der Waals surface area contributed by atoms with Crippen LogP contribution in [0.5, 0.6) is 0 Å². The summed E-state index contributed by atoms with van der Waals surface area (Å²) in [4.78, 5) is 0. The van der Waals surface area contributed by atoms with Crippen LogP contribution in [0.2, 0.25) is 0 Å². The fourth-order valence-corrected chi connectivity index (χ4v) is 1.16. The molecule has 0 spiro atoms. The third-order valence-corrected chi connectivity index (χ3v) is 1.90. The van der Waals surface area contributed by atoms with Gasteiger partial charge in [0.25, 0.3) is 0 Å². The number of aliphatic hydroxyl groups excluding tert-OH is 3. The van der Waals surface area contributed by atoms with Crippen LogP contribution in [-0.4, -0.2) is 72.8 Å². The Morgan fingerprint density at radius 2 is 0.867 bits per heavy atom. The number of aliphatic hydroxyl groups is 3. The fourth-order valence-electron chi connectivity index (χ4n) is 1.16. The van der Waals surface area contributed by atoms with E-state index < -0.39 is 18.3 Å². The summed E-state index contributed by atoms with van der Waals surface area (Å²) in [5, 5.41) is 27.3. The van der Waals surface area contributed by atoms with Gasteiger partial charge in [0, 0.05) is 37.2 Å². The molecule has 0 fully saturated rings. The van der Waals surface area contributed by atoms with E-state index in [0.717, 1.165) is 0 Å². The number of hydrogen-bond donors (Lipinski definition) is 3. The molecule has 3 unspecified atom stereocenters. The maximum absolute atomic E-state index is 9.14. The molecular formula is C18H51I6O6-. The van der Waals surface area contributed by atoms with Gasteiger partial charge in [-0.15, -0.1) is 24.0 Å². The number of halogens is 6. The molecule has 0 saturated heterocycles. The summed E-state index contributed by atoms with van der Waals surface area (Å²) in [5.41, 5.74) is 0. The monoisotopic (exact) mass is 1120 g/mol. The van der Waals surface area contributed by atoms with Gasteiger partial charge in [-0.3, -0.25) is 0 Å². The van der Waals surface area contributed by atoms with Gasteiger partial charge in [-0.25, -0.2) is 0 Å². The molecule has 0 bridgehead atoms. The Hall–Kier alpha value is 4.14. The van der Waals surface area contributed by atoms with Crippen molar-refractivity contribution in [2.45, 2.75) is 89.7 Å². The SMILES string of the molecule is C.C.C.C.C.C.CC(O)COCC(COCC(C)O)OCC(C)O.I.II.I[I-]I. The molecule has 0 radical (unpaired) electrons. The van der Waals surface area contributed by atoms with E-state index in [1.807, 2.05) is 0 Å². The van der Waals surface area contributed by atoms with Crippen molar-refractivity contribution in [1.29, 1.82) is 0 Å². The average Bonchev–Trinajstić information content (AvgIpc) is 2.46. The van der Waals surface area contributed by atoms with Crippen LogP contribution in [0, 0.1) is 0 Å². The third kappa shape index (κ3) is 69.7. The Morgan fingerprint density at radius 3 is 1.07 bits per heavy atom. The van der Waals surface area contributed by atoms with Crippen molar-refractivity contribution in [2.24, 2.45) is 0 Å².